The Hall–Kier alpha value is -1.06. The Bertz CT molecular complexity index is 271. The maximum Gasteiger partial charge on any atom is 0.222 e. The van der Waals surface area contributed by atoms with Crippen molar-refractivity contribution in [1.29, 1.82) is 0 Å². The maximum absolute atomic E-state index is 11.5. The highest BCUT2D eigenvalue weighted by atomic mass is 16.2. The number of amides is 2. The van der Waals surface area contributed by atoms with Crippen LogP contribution in [0.5, 0.6) is 0 Å². The molecule has 84 valence electrons. The highest BCUT2D eigenvalue weighted by Gasteiger charge is 2.55. The molecule has 2 heterocycles. The molecule has 4 heteroatoms. The zero-order valence-electron chi connectivity index (χ0n) is 9.30. The lowest BCUT2D eigenvalue weighted by Crippen LogP contribution is -2.58. The van der Waals surface area contributed by atoms with Gasteiger partial charge in [-0.2, -0.15) is 0 Å². The second-order valence-corrected chi connectivity index (χ2v) is 4.58. The van der Waals surface area contributed by atoms with Crippen molar-refractivity contribution in [3.63, 3.8) is 0 Å². The van der Waals surface area contributed by atoms with Crippen LogP contribution in [0.1, 0.15) is 39.5 Å². The monoisotopic (exact) mass is 210 g/mol. The molecule has 1 spiro atoms. The molecule has 2 aliphatic rings. The molecule has 15 heavy (non-hydrogen) atoms. The van der Waals surface area contributed by atoms with Gasteiger partial charge in [0.1, 0.15) is 5.66 Å². The highest BCUT2D eigenvalue weighted by Crippen LogP contribution is 2.40. The normalized spacial score (nSPS) is 39.6. The predicted octanol–water partition coefficient (Wildman–Crippen LogP) is 0.775. The minimum Gasteiger partial charge on any atom is -0.333 e. The Morgan fingerprint density at radius 3 is 1.80 bits per heavy atom. The minimum absolute atomic E-state index is 0.0718. The van der Waals surface area contributed by atoms with Crippen molar-refractivity contribution >= 4 is 11.8 Å². The van der Waals surface area contributed by atoms with E-state index in [0.717, 1.165) is 12.8 Å². The molecule has 0 radical (unpaired) electrons. The van der Waals surface area contributed by atoms with Gasteiger partial charge < -0.3 is 10.6 Å². The van der Waals surface area contributed by atoms with Crippen LogP contribution in [0.4, 0.5) is 0 Å². The third-order valence-corrected chi connectivity index (χ3v) is 3.83. The van der Waals surface area contributed by atoms with Crippen LogP contribution >= 0.6 is 0 Å². The second kappa shape index (κ2) is 3.51. The summed E-state index contributed by atoms with van der Waals surface area (Å²) >= 11 is 0. The lowest BCUT2D eigenvalue weighted by molar-refractivity contribution is -0.120. The van der Waals surface area contributed by atoms with Gasteiger partial charge in [-0.05, 0) is 12.8 Å². The van der Waals surface area contributed by atoms with Crippen LogP contribution in [0.15, 0.2) is 0 Å². The van der Waals surface area contributed by atoms with E-state index >= 15 is 0 Å². The summed E-state index contributed by atoms with van der Waals surface area (Å²) in [6.07, 6.45) is 2.95. The van der Waals surface area contributed by atoms with Gasteiger partial charge in [-0.3, -0.25) is 9.59 Å². The quantitative estimate of drug-likeness (QED) is 0.707. The summed E-state index contributed by atoms with van der Waals surface area (Å²) in [5.41, 5.74) is -0.433. The molecule has 2 amide bonds. The van der Waals surface area contributed by atoms with Crippen LogP contribution in [-0.2, 0) is 9.59 Å². The summed E-state index contributed by atoms with van der Waals surface area (Å²) in [6.45, 7) is 4.15. The minimum atomic E-state index is -0.433. The summed E-state index contributed by atoms with van der Waals surface area (Å²) < 4.78 is 0. The second-order valence-electron chi connectivity index (χ2n) is 4.58. The number of carbonyl (C=O) groups is 2. The van der Waals surface area contributed by atoms with Crippen molar-refractivity contribution in [2.24, 2.45) is 11.8 Å². The van der Waals surface area contributed by atoms with Gasteiger partial charge in [0.05, 0.1) is 0 Å². The zero-order chi connectivity index (χ0) is 11.1. The molecule has 2 aliphatic heterocycles. The number of carbonyl (C=O) groups excluding carboxylic acids is 2. The van der Waals surface area contributed by atoms with E-state index in [4.69, 9.17) is 0 Å². The molecule has 2 unspecified atom stereocenters. The fourth-order valence-electron chi connectivity index (χ4n) is 3.04. The standard InChI is InChI=1S/C11H18N2O2/c1-3-7-5-9(14)12-11(7)8(4-2)6-10(15)13-11/h7-8H,3-6H2,1-2H3,(H,12,14)(H,13,15). The molecule has 4 nitrogen and oxygen atoms in total. The van der Waals surface area contributed by atoms with Crippen molar-refractivity contribution in [2.45, 2.75) is 45.2 Å². The van der Waals surface area contributed by atoms with Crippen molar-refractivity contribution < 1.29 is 9.59 Å². The number of hydrogen-bond acceptors (Lipinski definition) is 2. The van der Waals surface area contributed by atoms with Crippen LogP contribution in [-0.4, -0.2) is 17.5 Å². The molecular formula is C11H18N2O2. The molecule has 2 saturated heterocycles. The fraction of sp³-hybridized carbons (Fsp3) is 0.818. The first-order valence-corrected chi connectivity index (χ1v) is 5.74. The summed E-state index contributed by atoms with van der Waals surface area (Å²) in [6, 6.07) is 0. The van der Waals surface area contributed by atoms with Gasteiger partial charge in [0, 0.05) is 24.7 Å². The first kappa shape index (κ1) is 10.5. The van der Waals surface area contributed by atoms with Gasteiger partial charge in [-0.15, -0.1) is 0 Å². The molecule has 0 saturated carbocycles. The first-order valence-electron chi connectivity index (χ1n) is 5.74. The Labute approximate surface area is 89.8 Å². The van der Waals surface area contributed by atoms with Crippen molar-refractivity contribution in [1.82, 2.24) is 10.6 Å². The molecule has 0 aromatic heterocycles. The molecule has 0 bridgehead atoms. The van der Waals surface area contributed by atoms with Gasteiger partial charge in [-0.25, -0.2) is 0 Å². The largest absolute Gasteiger partial charge is 0.333 e. The van der Waals surface area contributed by atoms with E-state index in [-0.39, 0.29) is 23.7 Å². The van der Waals surface area contributed by atoms with Gasteiger partial charge in [0.25, 0.3) is 0 Å². The van der Waals surface area contributed by atoms with Crippen LogP contribution in [0.3, 0.4) is 0 Å². The average molecular weight is 210 g/mol. The highest BCUT2D eigenvalue weighted by molar-refractivity contribution is 5.86. The molecule has 2 rings (SSSR count). The van der Waals surface area contributed by atoms with Gasteiger partial charge in [0.15, 0.2) is 0 Å². The number of hydrogen-bond donors (Lipinski definition) is 2. The summed E-state index contributed by atoms with van der Waals surface area (Å²) in [4.78, 5) is 23.0. The molecule has 2 atom stereocenters. The van der Waals surface area contributed by atoms with E-state index in [1.165, 1.54) is 0 Å². The van der Waals surface area contributed by atoms with Crippen LogP contribution in [0.25, 0.3) is 0 Å². The Morgan fingerprint density at radius 2 is 1.47 bits per heavy atom. The summed E-state index contributed by atoms with van der Waals surface area (Å²) in [5, 5.41) is 5.98. The lowest BCUT2D eigenvalue weighted by Gasteiger charge is -2.35. The third kappa shape index (κ3) is 1.43. The fourth-order valence-corrected chi connectivity index (χ4v) is 3.04. The predicted molar refractivity (Wildman–Crippen MR) is 55.8 cm³/mol. The number of nitrogens with one attached hydrogen (secondary N) is 2. The summed E-state index contributed by atoms with van der Waals surface area (Å²) in [7, 11) is 0. The van der Waals surface area contributed by atoms with E-state index < -0.39 is 5.66 Å². The molecule has 2 fully saturated rings. The molecule has 0 aromatic carbocycles. The Kier molecular flexibility index (Phi) is 2.44. The first-order chi connectivity index (χ1) is 7.12. The van der Waals surface area contributed by atoms with Crippen molar-refractivity contribution in [3.05, 3.63) is 0 Å². The third-order valence-electron chi connectivity index (χ3n) is 3.83. The van der Waals surface area contributed by atoms with E-state index in [1.807, 2.05) is 0 Å². The van der Waals surface area contributed by atoms with Crippen molar-refractivity contribution in [2.75, 3.05) is 0 Å². The molecule has 0 aliphatic carbocycles. The van der Waals surface area contributed by atoms with Gasteiger partial charge >= 0.3 is 0 Å². The van der Waals surface area contributed by atoms with E-state index in [9.17, 15) is 9.59 Å². The molecular weight excluding hydrogens is 192 g/mol. The van der Waals surface area contributed by atoms with Gasteiger partial charge in [0.2, 0.25) is 11.8 Å². The Balaban J connectivity index is 2.30. The zero-order valence-corrected chi connectivity index (χ0v) is 9.30. The van der Waals surface area contributed by atoms with Crippen molar-refractivity contribution in [3.8, 4) is 0 Å². The summed E-state index contributed by atoms with van der Waals surface area (Å²) in [5.74, 6) is 0.646. The average Bonchev–Trinajstić information content (AvgIpc) is 2.67. The SMILES string of the molecule is CCC1CC(=O)NC12NC(=O)CC2CC. The van der Waals surface area contributed by atoms with Crippen LogP contribution in [0, 0.1) is 11.8 Å². The molecule has 2 N–H and O–H groups in total. The topological polar surface area (TPSA) is 58.2 Å². The van der Waals surface area contributed by atoms with E-state index in [0.29, 0.717) is 12.8 Å². The van der Waals surface area contributed by atoms with Crippen LogP contribution in [0.2, 0.25) is 0 Å². The van der Waals surface area contributed by atoms with E-state index in [2.05, 4.69) is 24.5 Å². The van der Waals surface area contributed by atoms with Gasteiger partial charge in [-0.1, -0.05) is 13.8 Å². The Morgan fingerprint density at radius 1 is 1.07 bits per heavy atom. The number of rotatable bonds is 2. The maximum atomic E-state index is 11.5. The molecule has 0 aromatic rings. The smallest absolute Gasteiger partial charge is 0.222 e. The van der Waals surface area contributed by atoms with Crippen LogP contribution < -0.4 is 10.6 Å². The lowest BCUT2D eigenvalue weighted by atomic mass is 9.81. The van der Waals surface area contributed by atoms with E-state index in [1.54, 1.807) is 0 Å².